The highest BCUT2D eigenvalue weighted by Crippen LogP contribution is 2.28. The zero-order valence-electron chi connectivity index (χ0n) is 50.1. The largest absolute Gasteiger partial charge is 0.496 e. The summed E-state index contributed by atoms with van der Waals surface area (Å²) < 4.78 is 31.9. The molecule has 0 aliphatic heterocycles. The molecule has 1 rings (SSSR count). The Labute approximate surface area is 461 Å². The third-order valence-electron chi connectivity index (χ3n) is 15.6. The van der Waals surface area contributed by atoms with Crippen LogP contribution in [-0.2, 0) is 14.2 Å². The zero-order valence-corrected chi connectivity index (χ0v) is 50.1. The molecule has 0 spiro atoms. The Bertz CT molecular complexity index is 1180. The van der Waals surface area contributed by atoms with Gasteiger partial charge >= 0.3 is 0 Å². The van der Waals surface area contributed by atoms with E-state index in [4.69, 9.17) is 23.7 Å². The predicted octanol–water partition coefficient (Wildman–Crippen LogP) is 21.7. The minimum absolute atomic E-state index is 0.417. The number of methoxy groups -OCH3 is 1. The monoisotopic (exact) mass is 1040 g/mol. The summed E-state index contributed by atoms with van der Waals surface area (Å²) in [5, 5.41) is 12.4. The summed E-state index contributed by atoms with van der Waals surface area (Å²) in [7, 11) is 1.63. The lowest BCUT2D eigenvalue weighted by atomic mass is 9.92. The van der Waals surface area contributed by atoms with Gasteiger partial charge in [0.2, 0.25) is 0 Å². The van der Waals surface area contributed by atoms with Crippen LogP contribution in [0.4, 0.5) is 0 Å². The van der Waals surface area contributed by atoms with Gasteiger partial charge in [-0.05, 0) is 31.4 Å². The van der Waals surface area contributed by atoms with Gasteiger partial charge in [-0.3, -0.25) is 0 Å². The van der Waals surface area contributed by atoms with Gasteiger partial charge in [0.1, 0.15) is 18.1 Å². The van der Waals surface area contributed by atoms with Crippen molar-refractivity contribution in [1.82, 2.24) is 0 Å². The van der Waals surface area contributed by atoms with E-state index in [1.807, 2.05) is 18.2 Å². The highest BCUT2D eigenvalue weighted by atomic mass is 16.5. The van der Waals surface area contributed by atoms with Crippen LogP contribution in [0.3, 0.4) is 0 Å². The Morgan fingerprint density at radius 2 is 0.622 bits per heavy atom. The average molecular weight is 1040 g/mol. The van der Waals surface area contributed by atoms with E-state index in [1.165, 1.54) is 295 Å². The molecule has 1 aromatic carbocycles. The number of benzene rings is 1. The average Bonchev–Trinajstić information content (AvgIpc) is 3.41. The van der Waals surface area contributed by atoms with Gasteiger partial charge in [-0.2, -0.15) is 0 Å². The molecule has 0 amide bonds. The molecule has 436 valence electrons. The van der Waals surface area contributed by atoms with E-state index in [0.717, 1.165) is 39.1 Å². The number of unbranched alkanes of at least 4 members (excludes halogenated alkanes) is 45. The van der Waals surface area contributed by atoms with Crippen molar-refractivity contribution in [1.29, 1.82) is 0 Å². The molecule has 0 unspecified atom stereocenters. The minimum Gasteiger partial charge on any atom is -0.496 e. The fourth-order valence-electron chi connectivity index (χ4n) is 10.6. The summed E-state index contributed by atoms with van der Waals surface area (Å²) in [5.74, 6) is 1.31. The summed E-state index contributed by atoms with van der Waals surface area (Å²) in [4.78, 5) is 0. The number of ether oxygens (including phenoxy) is 5. The molecule has 0 aromatic heterocycles. The van der Waals surface area contributed by atoms with Crippen molar-refractivity contribution < 1.29 is 28.9 Å². The van der Waals surface area contributed by atoms with Crippen LogP contribution in [-0.4, -0.2) is 64.8 Å². The molecule has 74 heavy (non-hydrogen) atoms. The molecule has 0 saturated carbocycles. The molecule has 0 atom stereocenters. The summed E-state index contributed by atoms with van der Waals surface area (Å²) in [5.41, 5.74) is 0.248. The van der Waals surface area contributed by atoms with Crippen LogP contribution in [0.15, 0.2) is 23.4 Å². The summed E-state index contributed by atoms with van der Waals surface area (Å²) in [6.45, 7) is 11.2. The van der Waals surface area contributed by atoms with Crippen molar-refractivity contribution in [3.8, 4) is 11.5 Å². The van der Waals surface area contributed by atoms with E-state index in [1.54, 1.807) is 7.11 Å². The van der Waals surface area contributed by atoms with E-state index in [9.17, 15) is 5.21 Å². The van der Waals surface area contributed by atoms with Gasteiger partial charge < -0.3 is 28.9 Å². The van der Waals surface area contributed by atoms with Gasteiger partial charge in [-0.25, -0.2) is 0 Å². The Hall–Kier alpha value is -1.83. The molecule has 1 aromatic rings. The highest BCUT2D eigenvalue weighted by Gasteiger charge is 2.33. The van der Waals surface area contributed by atoms with Crippen molar-refractivity contribution >= 4 is 6.21 Å². The first-order valence-corrected chi connectivity index (χ1v) is 32.9. The maximum atomic E-state index is 9.20. The van der Waals surface area contributed by atoms with Crippen molar-refractivity contribution in [2.45, 2.75) is 329 Å². The quantitative estimate of drug-likeness (QED) is 0.0303. The zero-order chi connectivity index (χ0) is 53.2. The topological polar surface area (TPSA) is 78.7 Å². The van der Waals surface area contributed by atoms with Crippen LogP contribution >= 0.6 is 0 Å². The van der Waals surface area contributed by atoms with Gasteiger partial charge in [-0.1, -0.05) is 315 Å². The lowest BCUT2D eigenvalue weighted by molar-refractivity contribution is -0.0893. The fraction of sp³-hybridized carbons (Fsp3) is 0.896. The van der Waals surface area contributed by atoms with E-state index in [2.05, 4.69) is 25.9 Å². The third-order valence-corrected chi connectivity index (χ3v) is 15.6. The Morgan fingerprint density at radius 3 is 0.865 bits per heavy atom. The number of hydrogen-bond donors (Lipinski definition) is 1. The Kier molecular flexibility index (Phi) is 54.4. The molecule has 7 heteroatoms. The first kappa shape index (κ1) is 70.2. The molecule has 0 heterocycles. The van der Waals surface area contributed by atoms with Crippen LogP contribution in [0.5, 0.6) is 11.5 Å². The van der Waals surface area contributed by atoms with Crippen LogP contribution in [0.25, 0.3) is 0 Å². The van der Waals surface area contributed by atoms with Gasteiger partial charge in [0.05, 0.1) is 38.6 Å². The van der Waals surface area contributed by atoms with E-state index in [0.29, 0.717) is 43.5 Å². The lowest BCUT2D eigenvalue weighted by Crippen LogP contribution is -2.43. The molecule has 7 nitrogen and oxygen atoms in total. The van der Waals surface area contributed by atoms with Gasteiger partial charge in [0.15, 0.2) is 0 Å². The molecule has 0 bridgehead atoms. The molecule has 0 fully saturated rings. The van der Waals surface area contributed by atoms with Crippen LogP contribution in [0, 0.1) is 5.41 Å². The van der Waals surface area contributed by atoms with E-state index < -0.39 is 5.41 Å². The maximum Gasteiger partial charge on any atom is 0.131 e. The third kappa shape index (κ3) is 46.3. The Balaban J connectivity index is 2.65. The molecule has 0 saturated heterocycles. The van der Waals surface area contributed by atoms with E-state index >= 15 is 0 Å². The second-order valence-electron chi connectivity index (χ2n) is 23.0. The van der Waals surface area contributed by atoms with Crippen molar-refractivity contribution in [2.75, 3.05) is 53.4 Å². The summed E-state index contributed by atoms with van der Waals surface area (Å²) >= 11 is 0. The van der Waals surface area contributed by atoms with Crippen molar-refractivity contribution in [2.24, 2.45) is 10.6 Å². The standard InChI is InChI=1S/C67H127NO6/c1-5-8-11-14-17-20-23-26-29-32-35-38-41-44-47-50-55-71-60-67(63-74-65-54-53-64(59-68-69)66(58-65)70-4,61-72-56-51-48-45-42-39-36-33-30-27-24-21-18-15-12-9-6-2)62-73-57-52-49-46-43-40-37-34-31-28-25-22-19-16-13-10-7-3/h53-54,58-59,69H,5-52,55-57,60-63H2,1-4H3/b68-59-. The Morgan fingerprint density at radius 1 is 0.365 bits per heavy atom. The van der Waals surface area contributed by atoms with Crippen LogP contribution in [0.2, 0.25) is 0 Å². The number of nitrogens with zero attached hydrogens (tertiary/aromatic N) is 1. The SMILES string of the molecule is CCCCCCCCCCCCCCCCCCOCC(COCCCCCCCCCCCCCCCCCC)(COCCCCCCCCCCCCCCCCCC)COc1ccc(/C=N\O)c(OC)c1. The fourth-order valence-corrected chi connectivity index (χ4v) is 10.6. The second kappa shape index (κ2) is 57.3. The van der Waals surface area contributed by atoms with Crippen LogP contribution in [0.1, 0.15) is 335 Å². The molecule has 0 radical (unpaired) electrons. The van der Waals surface area contributed by atoms with E-state index in [-0.39, 0.29) is 0 Å². The first-order chi connectivity index (χ1) is 36.6. The highest BCUT2D eigenvalue weighted by molar-refractivity contribution is 5.83. The smallest absolute Gasteiger partial charge is 0.131 e. The molecule has 0 aliphatic rings. The molecular weight excluding hydrogens is 915 g/mol. The number of oxime groups is 1. The molecule has 1 N–H and O–H groups in total. The molecular formula is C67H127NO6. The van der Waals surface area contributed by atoms with Gasteiger partial charge in [-0.15, -0.1) is 0 Å². The first-order valence-electron chi connectivity index (χ1n) is 32.9. The predicted molar refractivity (Wildman–Crippen MR) is 321 cm³/mol. The van der Waals surface area contributed by atoms with Crippen LogP contribution < -0.4 is 9.47 Å². The normalized spacial score (nSPS) is 11.9. The summed E-state index contributed by atoms with van der Waals surface area (Å²) in [6.07, 6.45) is 66.9. The van der Waals surface area contributed by atoms with Gasteiger partial charge in [0.25, 0.3) is 0 Å². The maximum absolute atomic E-state index is 9.20. The minimum atomic E-state index is -0.447. The van der Waals surface area contributed by atoms with Crippen molar-refractivity contribution in [3.05, 3.63) is 23.8 Å². The van der Waals surface area contributed by atoms with Gasteiger partial charge in [0, 0.05) is 31.5 Å². The molecule has 0 aliphatic carbocycles. The second-order valence-corrected chi connectivity index (χ2v) is 23.0. The lowest BCUT2D eigenvalue weighted by Gasteiger charge is -2.33. The number of rotatable bonds is 62. The van der Waals surface area contributed by atoms with Crippen molar-refractivity contribution in [3.63, 3.8) is 0 Å². The summed E-state index contributed by atoms with van der Waals surface area (Å²) in [6, 6.07) is 5.65. The number of hydrogen-bond acceptors (Lipinski definition) is 7.